The van der Waals surface area contributed by atoms with Crippen LogP contribution in [0.1, 0.15) is 41.0 Å². The van der Waals surface area contributed by atoms with E-state index in [4.69, 9.17) is 0 Å². The molecule has 0 fully saturated rings. The van der Waals surface area contributed by atoms with Gasteiger partial charge in [-0.25, -0.2) is 8.42 Å². The largest absolute Gasteiger partial charge is 0.355 e. The number of carbonyl (C=O) groups excluding carboxylic acids is 1. The van der Waals surface area contributed by atoms with Gasteiger partial charge in [0.2, 0.25) is 5.91 Å². The second-order valence-corrected chi connectivity index (χ2v) is 8.24. The maximum Gasteiger partial charge on any atom is 0.220 e. The van der Waals surface area contributed by atoms with Crippen LogP contribution in [0.2, 0.25) is 0 Å². The highest BCUT2D eigenvalue weighted by Gasteiger charge is 2.28. The summed E-state index contributed by atoms with van der Waals surface area (Å²) in [6.07, 6.45) is 0.440. The Balaban J connectivity index is 4.06. The zero-order valence-electron chi connectivity index (χ0n) is 10.8. The molecule has 0 rings (SSSR count). The highest BCUT2D eigenvalue weighted by molar-refractivity contribution is 7.92. The third-order valence-corrected chi connectivity index (χ3v) is 4.83. The van der Waals surface area contributed by atoms with E-state index in [1.165, 1.54) is 0 Å². The van der Waals surface area contributed by atoms with Crippen LogP contribution in [0.25, 0.3) is 0 Å². The summed E-state index contributed by atoms with van der Waals surface area (Å²) < 4.78 is 22.7. The van der Waals surface area contributed by atoms with Gasteiger partial charge in [-0.3, -0.25) is 4.79 Å². The fourth-order valence-electron chi connectivity index (χ4n) is 1.07. The predicted octanol–water partition coefficient (Wildman–Crippen LogP) is 1.36. The first kappa shape index (κ1) is 15.4. The van der Waals surface area contributed by atoms with Gasteiger partial charge in [0.15, 0.2) is 9.84 Å². The minimum atomic E-state index is -3.14. The Morgan fingerprint density at radius 2 is 1.75 bits per heavy atom. The second-order valence-electron chi connectivity index (χ2n) is 5.38. The molecule has 4 nitrogen and oxygen atoms in total. The molecule has 1 amide bonds. The minimum absolute atomic E-state index is 0.000333. The SMILES string of the molecule is CC(C)CC(=O)NCCS(=O)(=O)C(C)(C)C. The standard InChI is InChI=1S/C11H23NO3S/c1-9(2)8-10(13)12-6-7-16(14,15)11(3,4)5/h9H,6-8H2,1-5H3,(H,12,13). The van der Waals surface area contributed by atoms with Crippen LogP contribution >= 0.6 is 0 Å². The third kappa shape index (κ3) is 5.49. The van der Waals surface area contributed by atoms with E-state index in [2.05, 4.69) is 5.32 Å². The molecule has 0 aromatic rings. The van der Waals surface area contributed by atoms with Gasteiger partial charge in [0.05, 0.1) is 10.5 Å². The average molecular weight is 249 g/mol. The molecule has 0 radical (unpaired) electrons. The molecule has 0 aliphatic rings. The Hall–Kier alpha value is -0.580. The number of hydrogen-bond acceptors (Lipinski definition) is 3. The number of rotatable bonds is 5. The summed E-state index contributed by atoms with van der Waals surface area (Å²) in [6.45, 7) is 9.09. The van der Waals surface area contributed by atoms with Crippen LogP contribution in [0.4, 0.5) is 0 Å². The van der Waals surface area contributed by atoms with Gasteiger partial charge < -0.3 is 5.32 Å². The Labute approximate surface area is 98.7 Å². The molecule has 0 heterocycles. The monoisotopic (exact) mass is 249 g/mol. The van der Waals surface area contributed by atoms with Crippen molar-refractivity contribution in [1.29, 1.82) is 0 Å². The quantitative estimate of drug-likeness (QED) is 0.800. The molecule has 0 aromatic heterocycles. The molecular formula is C11H23NO3S. The van der Waals surface area contributed by atoms with E-state index in [9.17, 15) is 13.2 Å². The molecule has 0 aliphatic carbocycles. The molecule has 0 unspecified atom stereocenters. The van der Waals surface area contributed by atoms with E-state index in [0.717, 1.165) is 0 Å². The second kappa shape index (κ2) is 5.66. The van der Waals surface area contributed by atoms with Gasteiger partial charge in [0.1, 0.15) is 0 Å². The average Bonchev–Trinajstić information content (AvgIpc) is 1.99. The number of carbonyl (C=O) groups is 1. The lowest BCUT2D eigenvalue weighted by molar-refractivity contribution is -0.121. The van der Waals surface area contributed by atoms with E-state index < -0.39 is 14.6 Å². The van der Waals surface area contributed by atoms with Crippen molar-refractivity contribution >= 4 is 15.7 Å². The highest BCUT2D eigenvalue weighted by atomic mass is 32.2. The molecule has 0 saturated heterocycles. The summed E-state index contributed by atoms with van der Waals surface area (Å²) in [4.78, 5) is 11.3. The van der Waals surface area contributed by atoms with Crippen molar-refractivity contribution in [1.82, 2.24) is 5.32 Å². The molecule has 0 atom stereocenters. The lowest BCUT2D eigenvalue weighted by Gasteiger charge is -2.19. The Morgan fingerprint density at radius 1 is 1.25 bits per heavy atom. The van der Waals surface area contributed by atoms with Crippen molar-refractivity contribution in [3.63, 3.8) is 0 Å². The third-order valence-electron chi connectivity index (χ3n) is 2.22. The van der Waals surface area contributed by atoms with Crippen LogP contribution in [0.5, 0.6) is 0 Å². The van der Waals surface area contributed by atoms with Crippen molar-refractivity contribution in [2.24, 2.45) is 5.92 Å². The van der Waals surface area contributed by atoms with Crippen LogP contribution in [0, 0.1) is 5.92 Å². The molecule has 96 valence electrons. The Morgan fingerprint density at radius 3 is 2.12 bits per heavy atom. The van der Waals surface area contributed by atoms with Crippen molar-refractivity contribution in [3.8, 4) is 0 Å². The maximum atomic E-state index is 11.7. The van der Waals surface area contributed by atoms with E-state index >= 15 is 0 Å². The van der Waals surface area contributed by atoms with E-state index in [1.54, 1.807) is 20.8 Å². The number of sulfone groups is 1. The highest BCUT2D eigenvalue weighted by Crippen LogP contribution is 2.15. The molecule has 0 bridgehead atoms. The van der Waals surface area contributed by atoms with Crippen LogP contribution in [0.3, 0.4) is 0 Å². The van der Waals surface area contributed by atoms with Crippen molar-refractivity contribution in [2.75, 3.05) is 12.3 Å². The Kier molecular flexibility index (Phi) is 5.46. The van der Waals surface area contributed by atoms with Crippen molar-refractivity contribution in [2.45, 2.75) is 45.8 Å². The van der Waals surface area contributed by atoms with E-state index in [1.807, 2.05) is 13.8 Å². The van der Waals surface area contributed by atoms with Gasteiger partial charge in [-0.2, -0.15) is 0 Å². The lowest BCUT2D eigenvalue weighted by Crippen LogP contribution is -2.36. The number of amides is 1. The van der Waals surface area contributed by atoms with Gasteiger partial charge in [0, 0.05) is 13.0 Å². The summed E-state index contributed by atoms with van der Waals surface area (Å²) in [5.74, 6) is 0.207. The van der Waals surface area contributed by atoms with Gasteiger partial charge in [0.25, 0.3) is 0 Å². The predicted molar refractivity (Wildman–Crippen MR) is 66.0 cm³/mol. The van der Waals surface area contributed by atoms with Gasteiger partial charge >= 0.3 is 0 Å². The zero-order chi connectivity index (χ0) is 13.0. The fraction of sp³-hybridized carbons (Fsp3) is 0.909. The number of nitrogens with one attached hydrogen (secondary N) is 1. The van der Waals surface area contributed by atoms with Gasteiger partial charge in [-0.15, -0.1) is 0 Å². The van der Waals surface area contributed by atoms with Crippen LogP contribution in [-0.2, 0) is 14.6 Å². The smallest absolute Gasteiger partial charge is 0.220 e. The zero-order valence-corrected chi connectivity index (χ0v) is 11.6. The van der Waals surface area contributed by atoms with E-state index in [-0.39, 0.29) is 18.2 Å². The lowest BCUT2D eigenvalue weighted by atomic mass is 10.1. The summed E-state index contributed by atoms with van der Waals surface area (Å²) in [6, 6.07) is 0. The molecule has 16 heavy (non-hydrogen) atoms. The van der Waals surface area contributed by atoms with Crippen molar-refractivity contribution < 1.29 is 13.2 Å². The van der Waals surface area contributed by atoms with Gasteiger partial charge in [-0.1, -0.05) is 13.8 Å². The van der Waals surface area contributed by atoms with Crippen LogP contribution < -0.4 is 5.32 Å². The molecule has 0 saturated carbocycles. The maximum absolute atomic E-state index is 11.7. The summed E-state index contributed by atoms with van der Waals surface area (Å²) in [5, 5.41) is 2.62. The molecule has 0 aliphatic heterocycles. The molecule has 1 N–H and O–H groups in total. The molecule has 0 aromatic carbocycles. The minimum Gasteiger partial charge on any atom is -0.355 e. The van der Waals surface area contributed by atoms with Crippen molar-refractivity contribution in [3.05, 3.63) is 0 Å². The van der Waals surface area contributed by atoms with Crippen LogP contribution in [0.15, 0.2) is 0 Å². The fourth-order valence-corrected chi connectivity index (χ4v) is 2.06. The van der Waals surface area contributed by atoms with Crippen LogP contribution in [-0.4, -0.2) is 31.4 Å². The Bertz CT molecular complexity index is 326. The normalized spacial score (nSPS) is 12.9. The summed E-state index contributed by atoms with van der Waals surface area (Å²) in [5.41, 5.74) is 0. The van der Waals surface area contributed by atoms with E-state index in [0.29, 0.717) is 12.3 Å². The summed E-state index contributed by atoms with van der Waals surface area (Å²) in [7, 11) is -3.14. The molecule has 5 heteroatoms. The first-order valence-corrected chi connectivity index (χ1v) is 7.20. The topological polar surface area (TPSA) is 63.2 Å². The molecule has 0 spiro atoms. The summed E-state index contributed by atoms with van der Waals surface area (Å²) >= 11 is 0. The molecular weight excluding hydrogens is 226 g/mol. The van der Waals surface area contributed by atoms with Gasteiger partial charge in [-0.05, 0) is 26.7 Å². The first-order valence-electron chi connectivity index (χ1n) is 5.55. The number of hydrogen-bond donors (Lipinski definition) is 1. The first-order chi connectivity index (χ1) is 7.06.